The van der Waals surface area contributed by atoms with E-state index < -0.39 is 20.9 Å². The zero-order chi connectivity index (χ0) is 15.4. The molecule has 0 N–H and O–H groups in total. The van der Waals surface area contributed by atoms with Crippen molar-refractivity contribution in [2.24, 2.45) is 0 Å². The Morgan fingerprint density at radius 1 is 1.26 bits per heavy atom. The summed E-state index contributed by atoms with van der Waals surface area (Å²) in [5.74, 6) is -0.626. The highest BCUT2D eigenvalue weighted by atomic mass is 28.4. The summed E-state index contributed by atoms with van der Waals surface area (Å²) < 4.78 is 18.6. The molecule has 0 fully saturated rings. The zero-order valence-electron chi connectivity index (χ0n) is 13.4. The van der Waals surface area contributed by atoms with E-state index in [1.54, 1.807) is 0 Å². The van der Waals surface area contributed by atoms with E-state index in [4.69, 9.17) is 10.5 Å². The van der Waals surface area contributed by atoms with Gasteiger partial charge in [0.05, 0.1) is 1.37 Å². The van der Waals surface area contributed by atoms with Crippen LogP contribution in [0.25, 0.3) is 0 Å². The summed E-state index contributed by atoms with van der Waals surface area (Å²) >= 11 is 0. The summed E-state index contributed by atoms with van der Waals surface area (Å²) in [5, 5.41) is -0.0357. The van der Waals surface area contributed by atoms with Crippen LogP contribution in [0, 0.1) is 0 Å². The van der Waals surface area contributed by atoms with E-state index in [0.29, 0.717) is 0 Å². The maximum absolute atomic E-state index is 11.8. The Hall–Kier alpha value is -1.13. The molecule has 1 aromatic carbocycles. The lowest BCUT2D eigenvalue weighted by Gasteiger charge is -2.35. The first-order valence-corrected chi connectivity index (χ1v) is 9.35. The molecule has 1 rings (SSSR count). The molecule has 0 aliphatic rings. The van der Waals surface area contributed by atoms with E-state index in [1.165, 1.54) is 0 Å². The Labute approximate surface area is 118 Å². The number of hydrogen-bond donors (Lipinski definition) is 0. The minimum absolute atomic E-state index is 0.0357. The summed E-state index contributed by atoms with van der Waals surface area (Å²) in [6.45, 7) is 9.15. The van der Waals surface area contributed by atoms with Crippen molar-refractivity contribution in [3.05, 3.63) is 35.9 Å². The minimum Gasteiger partial charge on any atom is -0.459 e. The first-order valence-electron chi connectivity index (χ1n) is 7.02. The monoisotopic (exact) mass is 282 g/mol. The fourth-order valence-electron chi connectivity index (χ4n) is 1.13. The molecular weight excluding hydrogens is 256 g/mol. The van der Waals surface area contributed by atoms with Crippen LogP contribution >= 0.6 is 0 Å². The van der Waals surface area contributed by atoms with Crippen molar-refractivity contribution in [3.8, 4) is 0 Å². The molecule has 0 aliphatic carbocycles. The quantitative estimate of drug-likeness (QED) is 0.609. The first-order chi connectivity index (χ1) is 9.13. The highest BCUT2D eigenvalue weighted by Gasteiger charge is 2.37. The van der Waals surface area contributed by atoms with Crippen LogP contribution in [0.2, 0.25) is 18.1 Å². The average molecular weight is 282 g/mol. The van der Waals surface area contributed by atoms with Gasteiger partial charge in [-0.3, -0.25) is 0 Å². The van der Waals surface area contributed by atoms with Crippen LogP contribution in [-0.4, -0.2) is 20.9 Å². The molecular formula is C15H24O3Si. The Morgan fingerprint density at radius 2 is 1.84 bits per heavy atom. The van der Waals surface area contributed by atoms with Gasteiger partial charge in [0.1, 0.15) is 13.2 Å². The molecule has 0 amide bonds. The van der Waals surface area contributed by atoms with Crippen LogP contribution in [0.1, 0.15) is 27.7 Å². The second kappa shape index (κ2) is 6.35. The number of benzene rings is 1. The standard InChI is InChI=1S/C15H24O3Si/c1-15(2,3)19(4,5)18-12-14(16)17-11-13-9-7-6-8-10-13/h6-10H,11-12H2,1-5H3/i12T/t12-/m0/s1. The molecule has 0 radical (unpaired) electrons. The molecule has 0 bridgehead atoms. The predicted molar refractivity (Wildman–Crippen MR) is 79.4 cm³/mol. The number of ether oxygens (including phenoxy) is 1. The van der Waals surface area contributed by atoms with Gasteiger partial charge in [0.15, 0.2) is 8.32 Å². The number of carbonyl (C=O) groups is 1. The van der Waals surface area contributed by atoms with Crippen LogP contribution in [0.4, 0.5) is 0 Å². The lowest BCUT2D eigenvalue weighted by Crippen LogP contribution is -2.42. The van der Waals surface area contributed by atoms with Crippen molar-refractivity contribution in [1.82, 2.24) is 0 Å². The maximum atomic E-state index is 11.8. The van der Waals surface area contributed by atoms with Crippen molar-refractivity contribution >= 4 is 14.3 Å². The molecule has 19 heavy (non-hydrogen) atoms. The normalized spacial score (nSPS) is 14.7. The van der Waals surface area contributed by atoms with Crippen LogP contribution in [-0.2, 0) is 20.6 Å². The molecule has 0 saturated heterocycles. The van der Waals surface area contributed by atoms with Crippen molar-refractivity contribution in [3.63, 3.8) is 0 Å². The first kappa shape index (κ1) is 14.3. The Bertz CT molecular complexity index is 440. The summed E-state index contributed by atoms with van der Waals surface area (Å²) in [7, 11) is -2.13. The second-order valence-electron chi connectivity index (χ2n) is 6.09. The van der Waals surface area contributed by atoms with Crippen molar-refractivity contribution in [2.45, 2.75) is 45.5 Å². The van der Waals surface area contributed by atoms with Gasteiger partial charge in [0.25, 0.3) is 0 Å². The topological polar surface area (TPSA) is 35.5 Å². The van der Waals surface area contributed by atoms with E-state index in [9.17, 15) is 4.79 Å². The lowest BCUT2D eigenvalue weighted by molar-refractivity contribution is -0.147. The Morgan fingerprint density at radius 3 is 2.37 bits per heavy atom. The van der Waals surface area contributed by atoms with Gasteiger partial charge in [-0.05, 0) is 23.7 Å². The van der Waals surface area contributed by atoms with Gasteiger partial charge < -0.3 is 9.16 Å². The van der Waals surface area contributed by atoms with Gasteiger partial charge in [0.2, 0.25) is 0 Å². The number of rotatable bonds is 5. The summed E-state index contributed by atoms with van der Waals surface area (Å²) in [6.07, 6.45) is 0. The summed E-state index contributed by atoms with van der Waals surface area (Å²) in [5.41, 5.74) is 0.903. The lowest BCUT2D eigenvalue weighted by atomic mass is 10.2. The smallest absolute Gasteiger partial charge is 0.331 e. The van der Waals surface area contributed by atoms with Gasteiger partial charge in [0, 0.05) is 0 Å². The molecule has 0 aromatic heterocycles. The molecule has 1 aromatic rings. The molecule has 4 heteroatoms. The summed E-state index contributed by atoms with van der Waals surface area (Å²) in [4.78, 5) is 11.8. The molecule has 0 saturated carbocycles. The maximum Gasteiger partial charge on any atom is 0.331 e. The molecule has 3 nitrogen and oxygen atoms in total. The molecule has 0 unspecified atom stereocenters. The molecule has 0 heterocycles. The average Bonchev–Trinajstić information content (AvgIpc) is 2.35. The van der Waals surface area contributed by atoms with Crippen LogP contribution in [0.5, 0.6) is 0 Å². The second-order valence-corrected chi connectivity index (χ2v) is 10.8. The van der Waals surface area contributed by atoms with E-state index in [1.807, 2.05) is 43.4 Å². The Balaban J connectivity index is 2.52. The van der Waals surface area contributed by atoms with Gasteiger partial charge >= 0.3 is 5.97 Å². The third-order valence-electron chi connectivity index (χ3n) is 3.48. The van der Waals surface area contributed by atoms with Gasteiger partial charge in [-0.1, -0.05) is 51.1 Å². The third kappa shape index (κ3) is 5.16. The van der Waals surface area contributed by atoms with Crippen LogP contribution in [0.15, 0.2) is 30.3 Å². The molecule has 106 valence electrons. The van der Waals surface area contributed by atoms with Crippen molar-refractivity contribution in [2.75, 3.05) is 6.58 Å². The fourth-order valence-corrected chi connectivity index (χ4v) is 1.88. The van der Waals surface area contributed by atoms with Crippen LogP contribution in [0.3, 0.4) is 0 Å². The van der Waals surface area contributed by atoms with Crippen molar-refractivity contribution in [1.29, 1.82) is 0 Å². The molecule has 0 spiro atoms. The van der Waals surface area contributed by atoms with E-state index in [0.717, 1.165) is 5.56 Å². The highest BCUT2D eigenvalue weighted by Crippen LogP contribution is 2.36. The highest BCUT2D eigenvalue weighted by molar-refractivity contribution is 6.74. The van der Waals surface area contributed by atoms with E-state index >= 15 is 0 Å². The van der Waals surface area contributed by atoms with E-state index in [-0.39, 0.29) is 11.6 Å². The minimum atomic E-state index is -2.13. The van der Waals surface area contributed by atoms with Gasteiger partial charge in [-0.15, -0.1) is 0 Å². The SMILES string of the molecule is [3H][C@H](O[Si](C)(C)C(C)(C)C)C(=O)OCc1ccccc1. The fraction of sp³-hybridized carbons (Fsp3) is 0.533. The van der Waals surface area contributed by atoms with Gasteiger partial charge in [-0.2, -0.15) is 0 Å². The molecule has 0 aliphatic heterocycles. The van der Waals surface area contributed by atoms with Gasteiger partial charge in [-0.25, -0.2) is 4.79 Å². The number of esters is 1. The Kier molecular flexibility index (Phi) is 4.77. The zero-order valence-corrected chi connectivity index (χ0v) is 13.4. The van der Waals surface area contributed by atoms with E-state index in [2.05, 4.69) is 20.8 Å². The number of carbonyl (C=O) groups excluding carboxylic acids is 1. The largest absolute Gasteiger partial charge is 0.459 e. The summed E-state index contributed by atoms with van der Waals surface area (Å²) in [6, 6.07) is 9.42. The molecule has 1 atom stereocenters. The third-order valence-corrected chi connectivity index (χ3v) is 7.80. The van der Waals surface area contributed by atoms with Crippen molar-refractivity contribution < 1.29 is 15.3 Å². The predicted octanol–water partition coefficient (Wildman–Crippen LogP) is 3.75. The van der Waals surface area contributed by atoms with Crippen LogP contribution < -0.4 is 0 Å². The number of hydrogen-bond acceptors (Lipinski definition) is 3.